The predicted molar refractivity (Wildman–Crippen MR) is 95.1 cm³/mol. The second-order valence-corrected chi connectivity index (χ2v) is 6.49. The zero-order valence-corrected chi connectivity index (χ0v) is 14.2. The average Bonchev–Trinajstić information content (AvgIpc) is 3.10. The van der Waals surface area contributed by atoms with Gasteiger partial charge in [-0.3, -0.25) is 19.7 Å². The predicted octanol–water partition coefficient (Wildman–Crippen LogP) is 1.35. The zero-order valence-electron chi connectivity index (χ0n) is 13.4. The summed E-state index contributed by atoms with van der Waals surface area (Å²) in [7, 11) is 0. The first-order chi connectivity index (χ1) is 12.6. The fourth-order valence-electron chi connectivity index (χ4n) is 2.51. The van der Waals surface area contributed by atoms with Crippen LogP contribution in [-0.2, 0) is 14.4 Å². The van der Waals surface area contributed by atoms with E-state index in [0.29, 0.717) is 28.7 Å². The first-order valence-electron chi connectivity index (χ1n) is 7.78. The maximum absolute atomic E-state index is 12.2. The van der Waals surface area contributed by atoms with E-state index in [-0.39, 0.29) is 30.6 Å². The van der Waals surface area contributed by atoms with Crippen LogP contribution in [0, 0.1) is 0 Å². The number of hydrogen-bond acceptors (Lipinski definition) is 7. The first kappa shape index (κ1) is 16.2. The molecule has 9 nitrogen and oxygen atoms in total. The minimum Gasteiger partial charge on any atom is -0.482 e. The van der Waals surface area contributed by atoms with Crippen LogP contribution in [-0.4, -0.2) is 35.0 Å². The number of nitrogens with one attached hydrogen (secondary N) is 3. The van der Waals surface area contributed by atoms with Crippen molar-refractivity contribution in [3.05, 3.63) is 23.6 Å². The number of thiazole rings is 1. The van der Waals surface area contributed by atoms with E-state index in [0.717, 1.165) is 5.56 Å². The van der Waals surface area contributed by atoms with Crippen molar-refractivity contribution in [1.29, 1.82) is 0 Å². The number of fused-ring (bicyclic) bond motifs is 1. The number of benzene rings is 1. The molecule has 0 bridgehead atoms. The topological polar surface area (TPSA) is 122 Å². The van der Waals surface area contributed by atoms with Gasteiger partial charge < -0.3 is 10.1 Å². The number of rotatable bonds is 3. The lowest BCUT2D eigenvalue weighted by atomic mass is 10.1. The molecule has 0 saturated carbocycles. The second kappa shape index (κ2) is 6.56. The molecule has 3 N–H and O–H groups in total. The van der Waals surface area contributed by atoms with Crippen molar-refractivity contribution in [2.75, 3.05) is 17.2 Å². The lowest BCUT2D eigenvalue weighted by Crippen LogP contribution is -2.32. The normalized spacial score (nSPS) is 15.9. The van der Waals surface area contributed by atoms with Crippen LogP contribution in [0.1, 0.15) is 12.8 Å². The van der Waals surface area contributed by atoms with E-state index in [1.807, 2.05) is 6.07 Å². The molecule has 1 aromatic heterocycles. The SMILES string of the molecule is O=C1CCC(C(=O)Nc2nc(-c3ccc4c(c3)NC(=O)CO4)cs2)=NN1. The van der Waals surface area contributed by atoms with Gasteiger partial charge in [0.15, 0.2) is 11.7 Å². The summed E-state index contributed by atoms with van der Waals surface area (Å²) in [5.41, 5.74) is 4.58. The van der Waals surface area contributed by atoms with Gasteiger partial charge >= 0.3 is 0 Å². The Kier molecular flexibility index (Phi) is 4.09. The van der Waals surface area contributed by atoms with Gasteiger partial charge in [0.1, 0.15) is 11.5 Å². The molecular formula is C16H13N5O4S. The number of hydrazone groups is 1. The molecule has 0 radical (unpaired) electrons. The van der Waals surface area contributed by atoms with Crippen molar-refractivity contribution in [2.45, 2.75) is 12.8 Å². The van der Waals surface area contributed by atoms with E-state index in [4.69, 9.17) is 4.74 Å². The molecule has 2 aromatic rings. The van der Waals surface area contributed by atoms with E-state index in [9.17, 15) is 14.4 Å². The summed E-state index contributed by atoms with van der Waals surface area (Å²) in [5, 5.41) is 11.4. The van der Waals surface area contributed by atoms with Gasteiger partial charge in [0.25, 0.3) is 11.8 Å². The summed E-state index contributed by atoms with van der Waals surface area (Å²) in [6.07, 6.45) is 0.526. The Labute approximate surface area is 151 Å². The van der Waals surface area contributed by atoms with Crippen molar-refractivity contribution in [3.63, 3.8) is 0 Å². The average molecular weight is 371 g/mol. The highest BCUT2D eigenvalue weighted by Gasteiger charge is 2.20. The van der Waals surface area contributed by atoms with Crippen LogP contribution in [0.2, 0.25) is 0 Å². The summed E-state index contributed by atoms with van der Waals surface area (Å²) in [5.74, 6) is -0.200. The monoisotopic (exact) mass is 371 g/mol. The number of hydrogen-bond donors (Lipinski definition) is 3. The number of ether oxygens (including phenoxy) is 1. The van der Waals surface area contributed by atoms with Crippen molar-refractivity contribution >= 4 is 45.6 Å². The molecule has 1 aromatic carbocycles. The molecule has 0 saturated heterocycles. The molecule has 2 aliphatic heterocycles. The highest BCUT2D eigenvalue weighted by molar-refractivity contribution is 7.14. The molecule has 26 heavy (non-hydrogen) atoms. The standard InChI is InChI=1S/C16H13N5O4S/c22-13-4-2-9(20-21-13)15(24)19-16-18-11(7-26-16)8-1-3-12-10(5-8)17-14(23)6-25-12/h1,3,5,7H,2,4,6H2,(H,17,23)(H,21,22)(H,18,19,24). The van der Waals surface area contributed by atoms with Crippen molar-refractivity contribution < 1.29 is 19.1 Å². The fraction of sp³-hybridized carbons (Fsp3) is 0.188. The second-order valence-electron chi connectivity index (χ2n) is 5.63. The Morgan fingerprint density at radius 2 is 2.12 bits per heavy atom. The Balaban J connectivity index is 1.50. The third-order valence-corrected chi connectivity index (χ3v) is 4.56. The maximum Gasteiger partial charge on any atom is 0.273 e. The van der Waals surface area contributed by atoms with Gasteiger partial charge in [0, 0.05) is 23.8 Å². The number of aromatic nitrogens is 1. The summed E-state index contributed by atoms with van der Waals surface area (Å²) in [4.78, 5) is 39.1. The molecule has 3 amide bonds. The molecule has 3 heterocycles. The zero-order chi connectivity index (χ0) is 18.1. The maximum atomic E-state index is 12.2. The highest BCUT2D eigenvalue weighted by Crippen LogP contribution is 2.33. The van der Waals surface area contributed by atoms with E-state index >= 15 is 0 Å². The lowest BCUT2D eigenvalue weighted by molar-refractivity contribution is -0.121. The third kappa shape index (κ3) is 3.26. The minimum absolute atomic E-state index is 0.00354. The molecule has 2 aliphatic rings. The largest absolute Gasteiger partial charge is 0.482 e. The van der Waals surface area contributed by atoms with Crippen molar-refractivity contribution in [1.82, 2.24) is 10.4 Å². The number of carbonyl (C=O) groups excluding carboxylic acids is 3. The quantitative estimate of drug-likeness (QED) is 0.752. The van der Waals surface area contributed by atoms with Gasteiger partial charge in [-0.2, -0.15) is 5.10 Å². The number of nitrogens with zero attached hydrogens (tertiary/aromatic N) is 2. The lowest BCUT2D eigenvalue weighted by Gasteiger charge is -2.18. The van der Waals surface area contributed by atoms with Crippen molar-refractivity contribution in [3.8, 4) is 17.0 Å². The van der Waals surface area contributed by atoms with Crippen molar-refractivity contribution in [2.24, 2.45) is 5.10 Å². The van der Waals surface area contributed by atoms with Crippen LogP contribution in [0.25, 0.3) is 11.3 Å². The smallest absolute Gasteiger partial charge is 0.273 e. The van der Waals surface area contributed by atoms with Gasteiger partial charge in [0.05, 0.1) is 11.4 Å². The summed E-state index contributed by atoms with van der Waals surface area (Å²) >= 11 is 1.27. The molecule has 10 heteroatoms. The summed E-state index contributed by atoms with van der Waals surface area (Å²) in [6, 6.07) is 5.37. The number of amides is 3. The van der Waals surface area contributed by atoms with Crippen LogP contribution in [0.3, 0.4) is 0 Å². The Bertz CT molecular complexity index is 952. The Morgan fingerprint density at radius 3 is 2.92 bits per heavy atom. The molecule has 132 valence electrons. The van der Waals surface area contributed by atoms with Crippen LogP contribution in [0.5, 0.6) is 5.75 Å². The van der Waals surface area contributed by atoms with Crippen LogP contribution >= 0.6 is 11.3 Å². The summed E-state index contributed by atoms with van der Waals surface area (Å²) in [6.45, 7) is 0.00354. The van der Waals surface area contributed by atoms with E-state index in [2.05, 4.69) is 26.1 Å². The van der Waals surface area contributed by atoms with E-state index < -0.39 is 5.91 Å². The van der Waals surface area contributed by atoms with Gasteiger partial charge in [-0.05, 0) is 18.2 Å². The molecule has 0 atom stereocenters. The fourth-order valence-corrected chi connectivity index (χ4v) is 3.23. The molecular weight excluding hydrogens is 358 g/mol. The van der Waals surface area contributed by atoms with Gasteiger partial charge in [-0.15, -0.1) is 11.3 Å². The number of carbonyl (C=O) groups is 3. The summed E-state index contributed by atoms with van der Waals surface area (Å²) < 4.78 is 5.33. The van der Waals surface area contributed by atoms with Crippen LogP contribution in [0.4, 0.5) is 10.8 Å². The molecule has 4 rings (SSSR count). The van der Waals surface area contributed by atoms with Crippen LogP contribution in [0.15, 0.2) is 28.7 Å². The highest BCUT2D eigenvalue weighted by atomic mass is 32.1. The molecule has 0 unspecified atom stereocenters. The minimum atomic E-state index is -0.392. The third-order valence-electron chi connectivity index (χ3n) is 3.80. The van der Waals surface area contributed by atoms with Gasteiger partial charge in [0.2, 0.25) is 5.91 Å². The molecule has 0 spiro atoms. The first-order valence-corrected chi connectivity index (χ1v) is 8.66. The van der Waals surface area contributed by atoms with Crippen LogP contribution < -0.4 is 20.8 Å². The van der Waals surface area contributed by atoms with Gasteiger partial charge in [-0.25, -0.2) is 10.4 Å². The Morgan fingerprint density at radius 1 is 1.23 bits per heavy atom. The number of anilines is 2. The van der Waals surface area contributed by atoms with E-state index in [1.54, 1.807) is 17.5 Å². The molecule has 0 fully saturated rings. The van der Waals surface area contributed by atoms with Gasteiger partial charge in [-0.1, -0.05) is 0 Å². The Hall–Kier alpha value is -3.27. The molecule has 0 aliphatic carbocycles. The van der Waals surface area contributed by atoms with E-state index in [1.165, 1.54) is 11.3 Å².